The molecule has 98 valence electrons. The predicted octanol–water partition coefficient (Wildman–Crippen LogP) is 3.18. The molecule has 0 fully saturated rings. The van der Waals surface area contributed by atoms with Gasteiger partial charge < -0.3 is 4.57 Å². The van der Waals surface area contributed by atoms with Gasteiger partial charge in [-0.15, -0.1) is 0 Å². The fourth-order valence-corrected chi connectivity index (χ4v) is 4.76. The van der Waals surface area contributed by atoms with Gasteiger partial charge in [0, 0.05) is 16.5 Å². The lowest BCUT2D eigenvalue weighted by atomic mass is 10.3. The van der Waals surface area contributed by atoms with Crippen molar-refractivity contribution in [2.45, 2.75) is 13.8 Å². The second-order valence-electron chi connectivity index (χ2n) is 4.77. The molecular formula is C16H17O2P. The highest BCUT2D eigenvalue weighted by molar-refractivity contribution is 7.93. The highest BCUT2D eigenvalue weighted by atomic mass is 31.2. The lowest BCUT2D eigenvalue weighted by molar-refractivity contribution is -0.114. The highest BCUT2D eigenvalue weighted by Gasteiger charge is 2.36. The van der Waals surface area contributed by atoms with Gasteiger partial charge in [-0.05, 0) is 0 Å². The molecule has 0 unspecified atom stereocenters. The Hall–Kier alpha value is -1.66. The van der Waals surface area contributed by atoms with Gasteiger partial charge in [0.15, 0.2) is 0 Å². The lowest BCUT2D eigenvalue weighted by Crippen LogP contribution is -2.25. The molecule has 0 amide bonds. The Morgan fingerprint density at radius 1 is 0.842 bits per heavy atom. The summed E-state index contributed by atoms with van der Waals surface area (Å²) in [5, 5.41) is 1.22. The Kier molecular flexibility index (Phi) is 4.01. The summed E-state index contributed by atoms with van der Waals surface area (Å²) in [7, 11) is -3.21. The van der Waals surface area contributed by atoms with E-state index < -0.39 is 7.14 Å². The Labute approximate surface area is 113 Å². The van der Waals surface area contributed by atoms with E-state index >= 15 is 0 Å². The largest absolute Gasteiger partial charge is 0.306 e. The van der Waals surface area contributed by atoms with Gasteiger partial charge in [-0.2, -0.15) is 0 Å². The van der Waals surface area contributed by atoms with E-state index in [0.717, 1.165) is 0 Å². The van der Waals surface area contributed by atoms with E-state index in [1.54, 1.807) is 38.1 Å². The summed E-state index contributed by atoms with van der Waals surface area (Å²) < 4.78 is 13.4. The van der Waals surface area contributed by atoms with E-state index in [9.17, 15) is 9.36 Å². The highest BCUT2D eigenvalue weighted by Crippen LogP contribution is 2.46. The number of hydrogen-bond donors (Lipinski definition) is 0. The van der Waals surface area contributed by atoms with Crippen molar-refractivity contribution in [2.75, 3.05) is 0 Å². The van der Waals surface area contributed by atoms with Crippen LogP contribution in [0.1, 0.15) is 13.8 Å². The molecule has 0 bridgehead atoms. The Morgan fingerprint density at radius 2 is 1.21 bits per heavy atom. The second kappa shape index (κ2) is 5.54. The summed E-state index contributed by atoms with van der Waals surface area (Å²) >= 11 is 0. The van der Waals surface area contributed by atoms with Crippen LogP contribution < -0.4 is 10.6 Å². The monoisotopic (exact) mass is 272 g/mol. The maximum Gasteiger partial charge on any atom is 0.205 e. The fraction of sp³-hybridized carbons (Fsp3) is 0.188. The standard InChI is InChI=1S/C16H17O2P/c1-13(2)16(17)19(18,14-9-5-3-6-10-14)15-11-7-4-8-12-15/h3-13H,1-2H3. The summed E-state index contributed by atoms with van der Waals surface area (Å²) in [6.45, 7) is 3.59. The average Bonchev–Trinajstić information content (AvgIpc) is 2.47. The summed E-state index contributed by atoms with van der Waals surface area (Å²) in [6.07, 6.45) is 0. The van der Waals surface area contributed by atoms with Crippen LogP contribution in [0.5, 0.6) is 0 Å². The molecule has 2 aromatic rings. The Bertz CT molecular complexity index is 560. The van der Waals surface area contributed by atoms with Crippen molar-refractivity contribution in [1.82, 2.24) is 0 Å². The van der Waals surface area contributed by atoms with E-state index in [1.807, 2.05) is 36.4 Å². The lowest BCUT2D eigenvalue weighted by Gasteiger charge is -2.19. The molecular weight excluding hydrogens is 255 g/mol. The SMILES string of the molecule is CC(C)C(=O)P(=O)(c1ccccc1)c1ccccc1. The molecule has 3 heteroatoms. The van der Waals surface area contributed by atoms with Crippen molar-refractivity contribution in [3.8, 4) is 0 Å². The first kappa shape index (κ1) is 13.8. The van der Waals surface area contributed by atoms with Gasteiger partial charge in [-0.25, -0.2) is 0 Å². The van der Waals surface area contributed by atoms with Crippen molar-refractivity contribution in [1.29, 1.82) is 0 Å². The minimum Gasteiger partial charge on any atom is -0.306 e. The third-order valence-electron chi connectivity index (χ3n) is 3.04. The molecule has 0 aromatic heterocycles. The smallest absolute Gasteiger partial charge is 0.205 e. The molecule has 0 spiro atoms. The maximum absolute atomic E-state index is 13.4. The zero-order chi connectivity index (χ0) is 13.9. The fourth-order valence-electron chi connectivity index (χ4n) is 2.04. The molecule has 0 saturated carbocycles. The summed E-state index contributed by atoms with van der Waals surface area (Å²) in [4.78, 5) is 12.5. The first-order valence-electron chi connectivity index (χ1n) is 6.32. The Balaban J connectivity index is 2.65. The van der Waals surface area contributed by atoms with Crippen molar-refractivity contribution in [2.24, 2.45) is 5.92 Å². The zero-order valence-corrected chi connectivity index (χ0v) is 12.0. The van der Waals surface area contributed by atoms with Gasteiger partial charge in [0.05, 0.1) is 0 Å². The topological polar surface area (TPSA) is 34.1 Å². The number of benzene rings is 2. The molecule has 0 atom stereocenters. The molecule has 2 rings (SSSR count). The number of rotatable bonds is 4. The van der Waals surface area contributed by atoms with E-state index in [-0.39, 0.29) is 11.4 Å². The van der Waals surface area contributed by atoms with Crippen molar-refractivity contribution in [3.63, 3.8) is 0 Å². The molecule has 0 saturated heterocycles. The molecule has 2 aromatic carbocycles. The van der Waals surface area contributed by atoms with E-state index in [2.05, 4.69) is 0 Å². The molecule has 0 aliphatic carbocycles. The molecule has 0 aliphatic heterocycles. The molecule has 0 heterocycles. The summed E-state index contributed by atoms with van der Waals surface area (Å²) in [5.74, 6) is -0.258. The van der Waals surface area contributed by atoms with Gasteiger partial charge in [-0.3, -0.25) is 4.79 Å². The van der Waals surface area contributed by atoms with Crippen LogP contribution >= 0.6 is 7.14 Å². The quantitative estimate of drug-likeness (QED) is 0.801. The molecule has 2 nitrogen and oxygen atoms in total. The minimum absolute atomic E-state index is 0.190. The van der Waals surface area contributed by atoms with Crippen molar-refractivity contribution >= 4 is 23.3 Å². The van der Waals surface area contributed by atoms with Gasteiger partial charge in [-0.1, -0.05) is 74.5 Å². The van der Waals surface area contributed by atoms with Crippen LogP contribution in [-0.2, 0) is 9.36 Å². The summed E-state index contributed by atoms with van der Waals surface area (Å²) in [6, 6.07) is 18.1. The van der Waals surface area contributed by atoms with Gasteiger partial charge in [0.2, 0.25) is 12.7 Å². The molecule has 0 aliphatic rings. The van der Waals surface area contributed by atoms with E-state index in [0.29, 0.717) is 10.6 Å². The molecule has 0 radical (unpaired) electrons. The number of carbonyl (C=O) groups excluding carboxylic acids is 1. The first-order chi connectivity index (χ1) is 9.06. The maximum atomic E-state index is 13.4. The van der Waals surface area contributed by atoms with Crippen molar-refractivity contribution in [3.05, 3.63) is 60.7 Å². The molecule has 0 N–H and O–H groups in total. The van der Waals surface area contributed by atoms with Crippen LogP contribution in [0, 0.1) is 5.92 Å². The zero-order valence-electron chi connectivity index (χ0n) is 11.1. The Morgan fingerprint density at radius 3 is 1.53 bits per heavy atom. The second-order valence-corrected chi connectivity index (χ2v) is 7.47. The minimum atomic E-state index is -3.21. The third kappa shape index (κ3) is 2.54. The van der Waals surface area contributed by atoms with E-state index in [1.165, 1.54) is 0 Å². The third-order valence-corrected chi connectivity index (χ3v) is 6.23. The van der Waals surface area contributed by atoms with Crippen LogP contribution in [0.4, 0.5) is 0 Å². The first-order valence-corrected chi connectivity index (χ1v) is 8.03. The number of hydrogen-bond acceptors (Lipinski definition) is 2. The van der Waals surface area contributed by atoms with Gasteiger partial charge >= 0.3 is 0 Å². The summed E-state index contributed by atoms with van der Waals surface area (Å²) in [5.41, 5.74) is -0.190. The normalized spacial score (nSPS) is 11.5. The van der Waals surface area contributed by atoms with Gasteiger partial charge in [0.25, 0.3) is 0 Å². The van der Waals surface area contributed by atoms with E-state index in [4.69, 9.17) is 0 Å². The predicted molar refractivity (Wildman–Crippen MR) is 79.6 cm³/mol. The van der Waals surface area contributed by atoms with Crippen LogP contribution in [0.2, 0.25) is 0 Å². The van der Waals surface area contributed by atoms with Crippen LogP contribution in [-0.4, -0.2) is 5.52 Å². The van der Waals surface area contributed by atoms with Crippen molar-refractivity contribution < 1.29 is 9.36 Å². The molecule has 19 heavy (non-hydrogen) atoms. The van der Waals surface area contributed by atoms with Gasteiger partial charge in [0.1, 0.15) is 0 Å². The number of carbonyl (C=O) groups is 1. The van der Waals surface area contributed by atoms with Crippen LogP contribution in [0.25, 0.3) is 0 Å². The average molecular weight is 272 g/mol. The van der Waals surface area contributed by atoms with Crippen LogP contribution in [0.3, 0.4) is 0 Å². The van der Waals surface area contributed by atoms with Crippen LogP contribution in [0.15, 0.2) is 60.7 Å².